The number of aryl methyl sites for hydroxylation is 1. The molecule has 2 fully saturated rings. The smallest absolute Gasteiger partial charge is 0.306 e. The summed E-state index contributed by atoms with van der Waals surface area (Å²) in [6.07, 6.45) is 1.66. The molecule has 0 aliphatic carbocycles. The number of likely N-dealkylation sites (tertiary alicyclic amines) is 1. The molecule has 0 N–H and O–H groups in total. The van der Waals surface area contributed by atoms with Crippen LogP contribution >= 0.6 is 0 Å². The number of nitrogens with zero attached hydrogens (tertiary/aromatic N) is 2. The minimum Gasteiger partial charge on any atom is -0.456 e. The summed E-state index contributed by atoms with van der Waals surface area (Å²) in [6.45, 7) is 6.94. The Labute approximate surface area is 184 Å². The number of morpholine rings is 1. The van der Waals surface area contributed by atoms with Crippen molar-refractivity contribution in [2.75, 3.05) is 46.0 Å². The normalized spacial score (nSPS) is 22.8. The van der Waals surface area contributed by atoms with Gasteiger partial charge in [0.25, 0.3) is 5.91 Å². The molecule has 1 amide bonds. The Balaban J connectivity index is 1.44. The molecule has 1 aromatic carbocycles. The number of carbonyl (C=O) groups excluding carboxylic acids is 2. The molecule has 0 saturated carbocycles. The van der Waals surface area contributed by atoms with E-state index in [0.29, 0.717) is 57.6 Å². The third-order valence-corrected chi connectivity index (χ3v) is 7.64. The fraction of sp³-hybridized carbons (Fsp3) is 0.636. The van der Waals surface area contributed by atoms with Crippen molar-refractivity contribution in [3.05, 3.63) is 29.8 Å². The molecule has 2 saturated heterocycles. The summed E-state index contributed by atoms with van der Waals surface area (Å²) in [5, 5.41) is 0. The maximum atomic E-state index is 12.6. The predicted octanol–water partition coefficient (Wildman–Crippen LogP) is 1.69. The lowest BCUT2D eigenvalue weighted by atomic mass is 9.92. The van der Waals surface area contributed by atoms with Crippen LogP contribution in [0, 0.1) is 11.8 Å². The number of ether oxygens (including phenoxy) is 2. The Morgan fingerprint density at radius 2 is 1.68 bits per heavy atom. The molecule has 31 heavy (non-hydrogen) atoms. The van der Waals surface area contributed by atoms with E-state index in [4.69, 9.17) is 9.47 Å². The molecule has 0 bridgehead atoms. The van der Waals surface area contributed by atoms with Gasteiger partial charge in [-0.15, -0.1) is 0 Å². The van der Waals surface area contributed by atoms with Crippen LogP contribution in [0.15, 0.2) is 29.2 Å². The molecule has 3 rings (SSSR count). The van der Waals surface area contributed by atoms with E-state index < -0.39 is 16.0 Å². The van der Waals surface area contributed by atoms with E-state index in [1.54, 1.807) is 29.2 Å². The van der Waals surface area contributed by atoms with E-state index in [0.717, 1.165) is 12.0 Å². The molecule has 1 aromatic rings. The molecule has 172 valence electrons. The van der Waals surface area contributed by atoms with Crippen LogP contribution in [0.25, 0.3) is 0 Å². The highest BCUT2D eigenvalue weighted by Gasteiger charge is 2.27. The first-order valence-corrected chi connectivity index (χ1v) is 12.3. The van der Waals surface area contributed by atoms with Crippen LogP contribution in [0.1, 0.15) is 32.3 Å². The largest absolute Gasteiger partial charge is 0.456 e. The molecular weight excluding hydrogens is 420 g/mol. The summed E-state index contributed by atoms with van der Waals surface area (Å²) in [5.41, 5.74) is 0.836. The third kappa shape index (κ3) is 6.51. The summed E-state index contributed by atoms with van der Waals surface area (Å²) < 4.78 is 37.1. The van der Waals surface area contributed by atoms with Gasteiger partial charge in [-0.25, -0.2) is 8.42 Å². The lowest BCUT2D eigenvalue weighted by molar-refractivity contribution is -0.153. The number of hydrogen-bond donors (Lipinski definition) is 0. The predicted molar refractivity (Wildman–Crippen MR) is 115 cm³/mol. The van der Waals surface area contributed by atoms with E-state index in [1.165, 1.54) is 4.31 Å². The number of carbonyl (C=O) groups is 2. The summed E-state index contributed by atoms with van der Waals surface area (Å²) in [7, 11) is -3.53. The maximum absolute atomic E-state index is 12.6. The molecule has 0 aromatic heterocycles. The highest BCUT2D eigenvalue weighted by molar-refractivity contribution is 7.89. The second kappa shape index (κ2) is 10.6. The Kier molecular flexibility index (Phi) is 8.07. The van der Waals surface area contributed by atoms with Crippen LogP contribution in [-0.4, -0.2) is 75.5 Å². The molecule has 2 aliphatic heterocycles. The van der Waals surface area contributed by atoms with Crippen molar-refractivity contribution in [3.8, 4) is 0 Å². The number of piperidine rings is 1. The highest BCUT2D eigenvalue weighted by Crippen LogP contribution is 2.21. The van der Waals surface area contributed by atoms with Crippen molar-refractivity contribution in [1.29, 1.82) is 0 Å². The second-order valence-corrected chi connectivity index (χ2v) is 10.5. The van der Waals surface area contributed by atoms with Gasteiger partial charge in [0.2, 0.25) is 10.0 Å². The number of esters is 1. The quantitative estimate of drug-likeness (QED) is 0.585. The van der Waals surface area contributed by atoms with E-state index in [1.807, 2.05) is 0 Å². The molecule has 0 spiro atoms. The van der Waals surface area contributed by atoms with Crippen LogP contribution < -0.4 is 0 Å². The fourth-order valence-electron chi connectivity index (χ4n) is 4.18. The topological polar surface area (TPSA) is 93.2 Å². The molecule has 2 atom stereocenters. The number of sulfonamides is 1. The molecule has 2 aliphatic rings. The Morgan fingerprint density at radius 3 is 2.29 bits per heavy atom. The van der Waals surface area contributed by atoms with Crippen molar-refractivity contribution >= 4 is 21.9 Å². The van der Waals surface area contributed by atoms with Gasteiger partial charge in [-0.1, -0.05) is 26.0 Å². The lowest BCUT2D eigenvalue weighted by Gasteiger charge is -2.34. The van der Waals surface area contributed by atoms with Crippen molar-refractivity contribution in [1.82, 2.24) is 9.21 Å². The van der Waals surface area contributed by atoms with Crippen LogP contribution in [0.2, 0.25) is 0 Å². The standard InChI is InChI=1S/C22H32N2O6S/c1-17-13-18(2)15-23(14-17)21(25)16-30-22(26)8-5-19-3-6-20(7-4-19)31(27,28)24-9-11-29-12-10-24/h3-4,6-7,17-18H,5,8-16H2,1-2H3/t17-,18+. The van der Waals surface area contributed by atoms with Gasteiger partial charge in [-0.3, -0.25) is 9.59 Å². The zero-order valence-corrected chi connectivity index (χ0v) is 19.1. The first kappa shape index (κ1) is 23.7. The maximum Gasteiger partial charge on any atom is 0.306 e. The summed E-state index contributed by atoms with van der Waals surface area (Å²) in [6, 6.07) is 6.55. The van der Waals surface area contributed by atoms with Crippen LogP contribution in [0.4, 0.5) is 0 Å². The van der Waals surface area contributed by atoms with Crippen LogP contribution in [0.3, 0.4) is 0 Å². The zero-order chi connectivity index (χ0) is 22.4. The Morgan fingerprint density at radius 1 is 1.06 bits per heavy atom. The average molecular weight is 453 g/mol. The lowest BCUT2D eigenvalue weighted by Crippen LogP contribution is -2.44. The summed E-state index contributed by atoms with van der Waals surface area (Å²) >= 11 is 0. The minimum absolute atomic E-state index is 0.135. The number of benzene rings is 1. The number of amides is 1. The van der Waals surface area contributed by atoms with Crippen LogP contribution in [-0.2, 0) is 35.5 Å². The van der Waals surface area contributed by atoms with Gasteiger partial charge in [0, 0.05) is 32.6 Å². The average Bonchev–Trinajstić information content (AvgIpc) is 2.76. The van der Waals surface area contributed by atoms with E-state index in [-0.39, 0.29) is 23.8 Å². The van der Waals surface area contributed by atoms with E-state index >= 15 is 0 Å². The first-order valence-electron chi connectivity index (χ1n) is 10.9. The van der Waals surface area contributed by atoms with E-state index in [9.17, 15) is 18.0 Å². The van der Waals surface area contributed by atoms with Crippen molar-refractivity contribution in [2.45, 2.75) is 38.0 Å². The summed E-state index contributed by atoms with van der Waals surface area (Å²) in [4.78, 5) is 26.4. The van der Waals surface area contributed by atoms with Gasteiger partial charge in [-0.2, -0.15) is 4.31 Å². The molecule has 9 heteroatoms. The van der Waals surface area contributed by atoms with Gasteiger partial charge < -0.3 is 14.4 Å². The number of hydrogen-bond acceptors (Lipinski definition) is 6. The summed E-state index contributed by atoms with van der Waals surface area (Å²) in [5.74, 6) is 0.331. The van der Waals surface area contributed by atoms with Crippen molar-refractivity contribution in [2.24, 2.45) is 11.8 Å². The Hall–Kier alpha value is -1.97. The molecule has 0 radical (unpaired) electrons. The van der Waals surface area contributed by atoms with Crippen molar-refractivity contribution < 1.29 is 27.5 Å². The molecule has 2 heterocycles. The monoisotopic (exact) mass is 452 g/mol. The van der Waals surface area contributed by atoms with Gasteiger partial charge in [0.15, 0.2) is 6.61 Å². The highest BCUT2D eigenvalue weighted by atomic mass is 32.2. The number of rotatable bonds is 7. The second-order valence-electron chi connectivity index (χ2n) is 8.57. The third-order valence-electron chi connectivity index (χ3n) is 5.73. The first-order chi connectivity index (χ1) is 14.8. The molecule has 0 unspecified atom stereocenters. The fourth-order valence-corrected chi connectivity index (χ4v) is 5.59. The minimum atomic E-state index is -3.53. The Bertz CT molecular complexity index is 854. The van der Waals surface area contributed by atoms with Gasteiger partial charge >= 0.3 is 5.97 Å². The van der Waals surface area contributed by atoms with Gasteiger partial charge in [-0.05, 0) is 42.4 Å². The van der Waals surface area contributed by atoms with E-state index in [2.05, 4.69) is 13.8 Å². The van der Waals surface area contributed by atoms with Gasteiger partial charge in [0.05, 0.1) is 18.1 Å². The zero-order valence-electron chi connectivity index (χ0n) is 18.3. The molecular formula is C22H32N2O6S. The van der Waals surface area contributed by atoms with Crippen molar-refractivity contribution in [3.63, 3.8) is 0 Å². The SMILES string of the molecule is C[C@@H]1C[C@H](C)CN(C(=O)COC(=O)CCc2ccc(S(=O)(=O)N3CCOCC3)cc2)C1. The van der Waals surface area contributed by atoms with Crippen LogP contribution in [0.5, 0.6) is 0 Å². The molecule has 8 nitrogen and oxygen atoms in total. The van der Waals surface area contributed by atoms with Gasteiger partial charge in [0.1, 0.15) is 0 Å².